The molecule has 0 aliphatic carbocycles. The Morgan fingerprint density at radius 3 is 2.69 bits per heavy atom. The summed E-state index contributed by atoms with van der Waals surface area (Å²) >= 11 is 8.67. The lowest BCUT2D eigenvalue weighted by atomic mass is 10.2. The third-order valence-corrected chi connectivity index (χ3v) is 8.04. The lowest BCUT2D eigenvalue weighted by Gasteiger charge is -2.19. The van der Waals surface area contributed by atoms with Crippen LogP contribution in [0.1, 0.15) is 36.7 Å². The van der Waals surface area contributed by atoms with Crippen molar-refractivity contribution in [3.8, 4) is 6.07 Å². The lowest BCUT2D eigenvalue weighted by Crippen LogP contribution is -2.29. The van der Waals surface area contributed by atoms with Crippen molar-refractivity contribution in [1.82, 2.24) is 14.8 Å². The summed E-state index contributed by atoms with van der Waals surface area (Å²) < 4.78 is 1.80. The van der Waals surface area contributed by atoms with Crippen LogP contribution < -0.4 is 10.7 Å². The van der Waals surface area contributed by atoms with Gasteiger partial charge in [0, 0.05) is 47.7 Å². The Kier molecular flexibility index (Phi) is 7.69. The SMILES string of the molecule is CN(Cc1cc2c(=O)c(C(=O)NCc3ccc(Cl)cc3)cn(C)c2s1)CC(O)c1ccc(C#N)s1. The highest BCUT2D eigenvalue weighted by Gasteiger charge is 2.18. The Balaban J connectivity index is 1.47. The van der Waals surface area contributed by atoms with Gasteiger partial charge in [-0.05, 0) is 42.9 Å². The van der Waals surface area contributed by atoms with E-state index < -0.39 is 12.0 Å². The van der Waals surface area contributed by atoms with Gasteiger partial charge in [0.2, 0.25) is 5.43 Å². The predicted molar refractivity (Wildman–Crippen MR) is 140 cm³/mol. The molecule has 1 unspecified atom stereocenters. The van der Waals surface area contributed by atoms with Crippen LogP contribution in [0.25, 0.3) is 10.2 Å². The van der Waals surface area contributed by atoms with Gasteiger partial charge < -0.3 is 15.0 Å². The fourth-order valence-electron chi connectivity index (χ4n) is 3.74. The van der Waals surface area contributed by atoms with E-state index in [-0.39, 0.29) is 11.0 Å². The van der Waals surface area contributed by atoms with Crippen molar-refractivity contribution in [2.75, 3.05) is 13.6 Å². The first kappa shape index (κ1) is 25.1. The van der Waals surface area contributed by atoms with Crippen LogP contribution in [0.5, 0.6) is 0 Å². The molecule has 0 aliphatic heterocycles. The van der Waals surface area contributed by atoms with Gasteiger partial charge in [-0.3, -0.25) is 14.5 Å². The first-order valence-corrected chi connectivity index (χ1v) is 12.8. The van der Waals surface area contributed by atoms with Crippen molar-refractivity contribution in [2.45, 2.75) is 19.2 Å². The number of aliphatic hydroxyl groups excluding tert-OH is 1. The molecular formula is C25H23ClN4O3S2. The number of aliphatic hydroxyl groups is 1. The first-order chi connectivity index (χ1) is 16.7. The third kappa shape index (κ3) is 5.81. The van der Waals surface area contributed by atoms with Crippen LogP contribution in [0.15, 0.2) is 53.5 Å². The van der Waals surface area contributed by atoms with Crippen molar-refractivity contribution < 1.29 is 9.90 Å². The number of aryl methyl sites for hydroxylation is 1. The minimum Gasteiger partial charge on any atom is -0.386 e. The maximum Gasteiger partial charge on any atom is 0.257 e. The summed E-state index contributed by atoms with van der Waals surface area (Å²) in [6, 6.07) is 14.5. The van der Waals surface area contributed by atoms with E-state index in [4.69, 9.17) is 16.9 Å². The molecule has 3 heterocycles. The first-order valence-electron chi connectivity index (χ1n) is 10.8. The highest BCUT2D eigenvalue weighted by atomic mass is 35.5. The van der Waals surface area contributed by atoms with Gasteiger partial charge in [-0.25, -0.2) is 0 Å². The van der Waals surface area contributed by atoms with Gasteiger partial charge in [-0.2, -0.15) is 5.26 Å². The van der Waals surface area contributed by atoms with Gasteiger partial charge >= 0.3 is 0 Å². The maximum absolute atomic E-state index is 13.1. The number of aromatic nitrogens is 1. The van der Waals surface area contributed by atoms with Gasteiger partial charge in [-0.15, -0.1) is 22.7 Å². The van der Waals surface area contributed by atoms with E-state index in [1.165, 1.54) is 22.7 Å². The van der Waals surface area contributed by atoms with Crippen LogP contribution in [0.4, 0.5) is 0 Å². The number of nitriles is 1. The monoisotopic (exact) mass is 526 g/mol. The lowest BCUT2D eigenvalue weighted by molar-refractivity contribution is 0.0949. The van der Waals surface area contributed by atoms with Gasteiger partial charge in [0.1, 0.15) is 27.4 Å². The molecular weight excluding hydrogens is 504 g/mol. The fraction of sp³-hybridized carbons (Fsp3) is 0.240. The van der Waals surface area contributed by atoms with Gasteiger partial charge in [0.25, 0.3) is 5.91 Å². The molecule has 0 saturated carbocycles. The zero-order valence-electron chi connectivity index (χ0n) is 19.1. The highest BCUT2D eigenvalue weighted by molar-refractivity contribution is 7.18. The van der Waals surface area contributed by atoms with Gasteiger partial charge in [0.05, 0.1) is 5.39 Å². The average molecular weight is 527 g/mol. The van der Waals surface area contributed by atoms with Crippen molar-refractivity contribution in [1.29, 1.82) is 5.26 Å². The predicted octanol–water partition coefficient (Wildman–Crippen LogP) is 4.28. The number of benzene rings is 1. The zero-order chi connectivity index (χ0) is 25.1. The number of pyridine rings is 1. The van der Waals surface area contributed by atoms with E-state index >= 15 is 0 Å². The third-order valence-electron chi connectivity index (χ3n) is 5.48. The number of carbonyl (C=O) groups is 1. The summed E-state index contributed by atoms with van der Waals surface area (Å²) in [4.78, 5) is 30.9. The molecule has 35 heavy (non-hydrogen) atoms. The minimum absolute atomic E-state index is 0.0908. The second-order valence-corrected chi connectivity index (χ2v) is 10.9. The van der Waals surface area contributed by atoms with Crippen LogP contribution in [0.3, 0.4) is 0 Å². The van der Waals surface area contributed by atoms with Gasteiger partial charge in [0.15, 0.2) is 0 Å². The summed E-state index contributed by atoms with van der Waals surface area (Å²) in [5.74, 6) is -0.428. The quantitative estimate of drug-likeness (QED) is 0.357. The van der Waals surface area contributed by atoms with E-state index in [0.29, 0.717) is 34.9 Å². The van der Waals surface area contributed by atoms with Crippen LogP contribution in [-0.4, -0.2) is 34.1 Å². The smallest absolute Gasteiger partial charge is 0.257 e. The van der Waals surface area contributed by atoms with Crippen LogP contribution in [0.2, 0.25) is 5.02 Å². The molecule has 7 nitrogen and oxygen atoms in total. The van der Waals surface area contributed by atoms with Crippen molar-refractivity contribution in [3.63, 3.8) is 0 Å². The van der Waals surface area contributed by atoms with Crippen molar-refractivity contribution in [2.24, 2.45) is 7.05 Å². The number of likely N-dealkylation sites (N-methyl/N-ethyl adjacent to an activating group) is 1. The average Bonchev–Trinajstić information content (AvgIpc) is 3.48. The molecule has 3 aromatic heterocycles. The molecule has 0 radical (unpaired) electrons. The van der Waals surface area contributed by atoms with Gasteiger partial charge in [-0.1, -0.05) is 23.7 Å². The largest absolute Gasteiger partial charge is 0.386 e. The molecule has 180 valence electrons. The summed E-state index contributed by atoms with van der Waals surface area (Å²) in [5, 5.41) is 23.4. The number of nitrogens with one attached hydrogen (secondary N) is 1. The second kappa shape index (κ2) is 10.7. The zero-order valence-corrected chi connectivity index (χ0v) is 21.5. The molecule has 0 bridgehead atoms. The number of amides is 1. The molecule has 10 heteroatoms. The Morgan fingerprint density at radius 2 is 2.00 bits per heavy atom. The number of halogens is 1. The summed E-state index contributed by atoms with van der Waals surface area (Å²) in [7, 11) is 3.70. The molecule has 4 rings (SSSR count). The van der Waals surface area contributed by atoms with Crippen molar-refractivity contribution in [3.05, 3.63) is 89.7 Å². The summed E-state index contributed by atoms with van der Waals surface area (Å²) in [5.41, 5.74) is 0.669. The topological polar surface area (TPSA) is 98.4 Å². The second-order valence-electron chi connectivity index (χ2n) is 8.25. The Morgan fingerprint density at radius 1 is 1.26 bits per heavy atom. The molecule has 0 fully saturated rings. The standard InChI is InChI=1S/C25H23ClN4O3S2/c1-29(14-21(31)22-8-7-17(10-27)34-22)12-18-9-19-23(32)20(13-30(2)25(19)35-18)24(33)28-11-15-3-5-16(26)6-4-15/h3-9,13,21,31H,11-12,14H2,1-2H3,(H,28,33). The molecule has 0 aliphatic rings. The molecule has 1 amide bonds. The minimum atomic E-state index is -0.705. The normalized spacial score (nSPS) is 12.1. The Hall–Kier alpha value is -3.00. The van der Waals surface area contributed by atoms with Crippen LogP contribution >= 0.6 is 34.3 Å². The molecule has 1 aromatic carbocycles. The number of hydrogen-bond donors (Lipinski definition) is 2. The van der Waals surface area contributed by atoms with E-state index in [2.05, 4.69) is 11.4 Å². The molecule has 4 aromatic rings. The fourth-order valence-corrected chi connectivity index (χ4v) is 5.82. The summed E-state index contributed by atoms with van der Waals surface area (Å²) in [6.07, 6.45) is 0.864. The number of fused-ring (bicyclic) bond motifs is 1. The Bertz CT molecular complexity index is 1470. The van der Waals surface area contributed by atoms with E-state index in [9.17, 15) is 14.7 Å². The number of thiophene rings is 2. The van der Waals surface area contributed by atoms with E-state index in [1.54, 1.807) is 35.0 Å². The van der Waals surface area contributed by atoms with E-state index in [0.717, 1.165) is 20.1 Å². The highest BCUT2D eigenvalue weighted by Crippen LogP contribution is 2.27. The number of nitrogens with zero attached hydrogens (tertiary/aromatic N) is 3. The molecule has 1 atom stereocenters. The van der Waals surface area contributed by atoms with Crippen molar-refractivity contribution >= 4 is 50.4 Å². The molecule has 2 N–H and O–H groups in total. The Labute approximate surface area is 215 Å². The van der Waals surface area contributed by atoms with E-state index in [1.807, 2.05) is 37.2 Å². The maximum atomic E-state index is 13.1. The van der Waals surface area contributed by atoms with Crippen LogP contribution in [-0.2, 0) is 20.1 Å². The number of carbonyl (C=O) groups excluding carboxylic acids is 1. The number of hydrogen-bond acceptors (Lipinski definition) is 7. The summed E-state index contributed by atoms with van der Waals surface area (Å²) in [6.45, 7) is 1.21. The molecule has 0 spiro atoms. The number of rotatable bonds is 8. The molecule has 0 saturated heterocycles. The van der Waals surface area contributed by atoms with Crippen LogP contribution in [0, 0.1) is 11.3 Å².